The van der Waals surface area contributed by atoms with Crippen molar-refractivity contribution in [2.75, 3.05) is 13.6 Å². The lowest BCUT2D eigenvalue weighted by atomic mass is 10.1. The lowest BCUT2D eigenvalue weighted by molar-refractivity contribution is 0.599. The van der Waals surface area contributed by atoms with Crippen LogP contribution >= 0.6 is 0 Å². The van der Waals surface area contributed by atoms with E-state index in [1.165, 1.54) is 0 Å². The molecule has 0 aliphatic rings. The zero-order chi connectivity index (χ0) is 9.68. The van der Waals surface area contributed by atoms with E-state index in [2.05, 4.69) is 15.3 Å². The molecule has 1 unspecified atom stereocenters. The molecular weight excluding hydrogens is 164 g/mol. The number of rotatable bonds is 4. The molecule has 0 fully saturated rings. The molecule has 0 radical (unpaired) electrons. The Kier molecular flexibility index (Phi) is 3.79. The summed E-state index contributed by atoms with van der Waals surface area (Å²) in [5.41, 5.74) is 7.67. The Balaban J connectivity index is 2.55. The molecule has 4 nitrogen and oxygen atoms in total. The van der Waals surface area contributed by atoms with Crippen molar-refractivity contribution in [3.63, 3.8) is 0 Å². The number of nitrogens with zero attached hydrogens (tertiary/aromatic N) is 2. The molecule has 0 spiro atoms. The molecule has 1 atom stereocenters. The minimum atomic E-state index is -0.0134. The summed E-state index contributed by atoms with van der Waals surface area (Å²) >= 11 is 0. The average molecular weight is 180 g/mol. The first-order valence-corrected chi connectivity index (χ1v) is 4.42. The van der Waals surface area contributed by atoms with Crippen molar-refractivity contribution < 1.29 is 0 Å². The Labute approximate surface area is 78.6 Å². The second-order valence-electron chi connectivity index (χ2n) is 3.08. The third kappa shape index (κ3) is 3.08. The number of aromatic nitrogens is 2. The van der Waals surface area contributed by atoms with E-state index in [9.17, 15) is 0 Å². The van der Waals surface area contributed by atoms with E-state index >= 15 is 0 Å². The molecule has 0 saturated heterocycles. The van der Waals surface area contributed by atoms with E-state index in [1.807, 2.05) is 14.0 Å². The number of nitrogens with two attached hydrogens (primary N) is 1. The van der Waals surface area contributed by atoms with Crippen LogP contribution in [0.1, 0.15) is 23.9 Å². The SMILES string of the molecule is CNCCC(N)c1cnc(C)cn1. The summed E-state index contributed by atoms with van der Waals surface area (Å²) in [7, 11) is 1.91. The summed E-state index contributed by atoms with van der Waals surface area (Å²) in [5, 5.41) is 3.05. The largest absolute Gasteiger partial charge is 0.323 e. The van der Waals surface area contributed by atoms with Gasteiger partial charge < -0.3 is 11.1 Å². The Morgan fingerprint density at radius 3 is 2.77 bits per heavy atom. The van der Waals surface area contributed by atoms with Gasteiger partial charge in [0.15, 0.2) is 0 Å². The summed E-state index contributed by atoms with van der Waals surface area (Å²) in [6, 6.07) is -0.0134. The molecule has 13 heavy (non-hydrogen) atoms. The number of hydrogen-bond acceptors (Lipinski definition) is 4. The van der Waals surface area contributed by atoms with Crippen LogP contribution in [0.3, 0.4) is 0 Å². The second-order valence-corrected chi connectivity index (χ2v) is 3.08. The van der Waals surface area contributed by atoms with Crippen LogP contribution in [0.2, 0.25) is 0 Å². The standard InChI is InChI=1S/C9H16N4/c1-7-5-13-9(6-12-7)8(10)3-4-11-2/h5-6,8,11H,3-4,10H2,1-2H3. The van der Waals surface area contributed by atoms with Gasteiger partial charge in [0.1, 0.15) is 0 Å². The highest BCUT2D eigenvalue weighted by molar-refractivity contribution is 5.04. The van der Waals surface area contributed by atoms with Gasteiger partial charge >= 0.3 is 0 Å². The molecule has 1 aromatic heterocycles. The topological polar surface area (TPSA) is 63.8 Å². The average Bonchev–Trinajstić information content (AvgIpc) is 2.15. The predicted octanol–water partition coefficient (Wildman–Crippen LogP) is 0.394. The number of aryl methyl sites for hydroxylation is 1. The van der Waals surface area contributed by atoms with E-state index in [-0.39, 0.29) is 6.04 Å². The highest BCUT2D eigenvalue weighted by atomic mass is 14.9. The van der Waals surface area contributed by atoms with Crippen molar-refractivity contribution in [3.8, 4) is 0 Å². The molecule has 72 valence electrons. The number of nitrogens with one attached hydrogen (secondary N) is 1. The van der Waals surface area contributed by atoms with Crippen LogP contribution in [0.4, 0.5) is 0 Å². The first-order chi connectivity index (χ1) is 6.24. The maximum absolute atomic E-state index is 5.89. The minimum Gasteiger partial charge on any atom is -0.323 e. The van der Waals surface area contributed by atoms with Crippen molar-refractivity contribution in [2.45, 2.75) is 19.4 Å². The smallest absolute Gasteiger partial charge is 0.0754 e. The fourth-order valence-corrected chi connectivity index (χ4v) is 1.04. The first-order valence-electron chi connectivity index (χ1n) is 4.42. The fraction of sp³-hybridized carbons (Fsp3) is 0.556. The van der Waals surface area contributed by atoms with E-state index < -0.39 is 0 Å². The fourth-order valence-electron chi connectivity index (χ4n) is 1.04. The van der Waals surface area contributed by atoms with Gasteiger partial charge in [-0.1, -0.05) is 0 Å². The molecule has 1 aromatic rings. The molecule has 0 aliphatic heterocycles. The summed E-state index contributed by atoms with van der Waals surface area (Å²) in [4.78, 5) is 8.36. The van der Waals surface area contributed by atoms with Crippen LogP contribution in [0, 0.1) is 6.92 Å². The zero-order valence-corrected chi connectivity index (χ0v) is 8.12. The third-order valence-corrected chi connectivity index (χ3v) is 1.89. The molecule has 0 aromatic carbocycles. The Hall–Kier alpha value is -1.00. The van der Waals surface area contributed by atoms with Crippen molar-refractivity contribution >= 4 is 0 Å². The lowest BCUT2D eigenvalue weighted by Gasteiger charge is -2.09. The summed E-state index contributed by atoms with van der Waals surface area (Å²) in [6.45, 7) is 2.81. The van der Waals surface area contributed by atoms with Gasteiger partial charge in [0.05, 0.1) is 17.6 Å². The normalized spacial score (nSPS) is 12.8. The van der Waals surface area contributed by atoms with Gasteiger partial charge in [-0.2, -0.15) is 0 Å². The molecule has 0 bridgehead atoms. The van der Waals surface area contributed by atoms with Crippen LogP contribution in [0.25, 0.3) is 0 Å². The maximum Gasteiger partial charge on any atom is 0.0754 e. The van der Waals surface area contributed by atoms with E-state index in [1.54, 1.807) is 12.4 Å². The molecule has 1 rings (SSSR count). The lowest BCUT2D eigenvalue weighted by Crippen LogP contribution is -2.19. The van der Waals surface area contributed by atoms with E-state index in [0.29, 0.717) is 0 Å². The predicted molar refractivity (Wildman–Crippen MR) is 52.2 cm³/mol. The van der Waals surface area contributed by atoms with Gasteiger partial charge in [-0.25, -0.2) is 0 Å². The Bertz CT molecular complexity index is 244. The van der Waals surface area contributed by atoms with Crippen molar-refractivity contribution in [2.24, 2.45) is 5.73 Å². The molecule has 0 saturated carbocycles. The molecular formula is C9H16N4. The van der Waals surface area contributed by atoms with Crippen LogP contribution in [0.5, 0.6) is 0 Å². The highest BCUT2D eigenvalue weighted by Gasteiger charge is 2.06. The van der Waals surface area contributed by atoms with Gasteiger partial charge in [-0.05, 0) is 26.9 Å². The minimum absolute atomic E-state index is 0.0134. The number of hydrogen-bond donors (Lipinski definition) is 2. The molecule has 0 aliphatic carbocycles. The molecule has 4 heteroatoms. The van der Waals surface area contributed by atoms with Crippen LogP contribution in [-0.4, -0.2) is 23.6 Å². The van der Waals surface area contributed by atoms with E-state index in [4.69, 9.17) is 5.73 Å². The van der Waals surface area contributed by atoms with Crippen LogP contribution in [0.15, 0.2) is 12.4 Å². The van der Waals surface area contributed by atoms with Gasteiger partial charge in [-0.3, -0.25) is 9.97 Å². The summed E-state index contributed by atoms with van der Waals surface area (Å²) in [5.74, 6) is 0. The summed E-state index contributed by atoms with van der Waals surface area (Å²) < 4.78 is 0. The van der Waals surface area contributed by atoms with Gasteiger partial charge in [0, 0.05) is 12.2 Å². The Morgan fingerprint density at radius 2 is 2.23 bits per heavy atom. The monoisotopic (exact) mass is 180 g/mol. The van der Waals surface area contributed by atoms with Crippen LogP contribution < -0.4 is 11.1 Å². The van der Waals surface area contributed by atoms with Crippen molar-refractivity contribution in [1.82, 2.24) is 15.3 Å². The third-order valence-electron chi connectivity index (χ3n) is 1.89. The highest BCUT2D eigenvalue weighted by Crippen LogP contribution is 2.08. The summed E-state index contributed by atoms with van der Waals surface area (Å²) in [6.07, 6.45) is 4.37. The molecule has 3 N–H and O–H groups in total. The van der Waals surface area contributed by atoms with Gasteiger partial charge in [-0.15, -0.1) is 0 Å². The second kappa shape index (κ2) is 4.89. The first kappa shape index (κ1) is 10.1. The van der Waals surface area contributed by atoms with Crippen molar-refractivity contribution in [3.05, 3.63) is 23.8 Å². The Morgan fingerprint density at radius 1 is 1.46 bits per heavy atom. The zero-order valence-electron chi connectivity index (χ0n) is 8.12. The molecule has 1 heterocycles. The quantitative estimate of drug-likeness (QED) is 0.703. The maximum atomic E-state index is 5.89. The van der Waals surface area contributed by atoms with Crippen molar-refractivity contribution in [1.29, 1.82) is 0 Å². The van der Waals surface area contributed by atoms with Crippen LogP contribution in [-0.2, 0) is 0 Å². The van der Waals surface area contributed by atoms with Gasteiger partial charge in [0.2, 0.25) is 0 Å². The van der Waals surface area contributed by atoms with E-state index in [0.717, 1.165) is 24.4 Å². The molecule has 0 amide bonds. The van der Waals surface area contributed by atoms with Gasteiger partial charge in [0.25, 0.3) is 0 Å².